The second-order valence-electron chi connectivity index (χ2n) is 7.98. The maximum atomic E-state index is 12.8. The molecule has 0 radical (unpaired) electrons. The first kappa shape index (κ1) is 18.0. The van der Waals surface area contributed by atoms with Gasteiger partial charge < -0.3 is 10.2 Å². The fraction of sp³-hybridized carbons (Fsp3) is 0.667. The van der Waals surface area contributed by atoms with Crippen molar-refractivity contribution in [3.8, 4) is 0 Å². The summed E-state index contributed by atoms with van der Waals surface area (Å²) in [5.74, 6) is 1.16. The summed E-state index contributed by atoms with van der Waals surface area (Å²) in [5.41, 5.74) is 0.495. The molecule has 0 aliphatic carbocycles. The largest absolute Gasteiger partial charge is 0.337 e. The van der Waals surface area contributed by atoms with E-state index in [0.29, 0.717) is 11.8 Å². The smallest absolute Gasteiger partial charge is 0.264 e. The Bertz CT molecular complexity index is 591. The number of aryl methyl sites for hydroxylation is 1. The van der Waals surface area contributed by atoms with Gasteiger partial charge in [0.2, 0.25) is 5.91 Å². The molecule has 0 spiro atoms. The van der Waals surface area contributed by atoms with Gasteiger partial charge in [-0.1, -0.05) is 34.6 Å². The summed E-state index contributed by atoms with van der Waals surface area (Å²) >= 11 is 1.38. The van der Waals surface area contributed by atoms with Crippen LogP contribution in [-0.2, 0) is 4.79 Å². The van der Waals surface area contributed by atoms with E-state index in [1.54, 1.807) is 0 Å². The lowest BCUT2D eigenvalue weighted by atomic mass is 9.92. The van der Waals surface area contributed by atoms with Gasteiger partial charge in [0, 0.05) is 18.5 Å². The van der Waals surface area contributed by atoms with Crippen LogP contribution in [0.15, 0.2) is 6.07 Å². The van der Waals surface area contributed by atoms with Crippen molar-refractivity contribution in [2.24, 2.45) is 17.3 Å². The highest BCUT2D eigenvalue weighted by Crippen LogP contribution is 2.31. The Morgan fingerprint density at radius 1 is 1.22 bits per heavy atom. The molecule has 0 aromatic carbocycles. The number of rotatable bonds is 2. The molecule has 1 fully saturated rings. The van der Waals surface area contributed by atoms with Gasteiger partial charge in [-0.2, -0.15) is 0 Å². The van der Waals surface area contributed by atoms with E-state index in [2.05, 4.69) is 19.2 Å². The molecule has 4 nitrogen and oxygen atoms in total. The van der Waals surface area contributed by atoms with Crippen LogP contribution in [0.25, 0.3) is 0 Å². The molecule has 1 saturated heterocycles. The topological polar surface area (TPSA) is 49.4 Å². The molecular formula is C18H28N2O2S. The number of carbonyl (C=O) groups excluding carboxylic acids is 2. The molecule has 1 aromatic rings. The van der Waals surface area contributed by atoms with E-state index in [-0.39, 0.29) is 11.8 Å². The molecule has 1 aliphatic rings. The minimum atomic E-state index is -0.445. The predicted molar refractivity (Wildman–Crippen MR) is 96.0 cm³/mol. The van der Waals surface area contributed by atoms with Gasteiger partial charge in [0.1, 0.15) is 0 Å². The minimum absolute atomic E-state index is 0.0297. The molecule has 2 heterocycles. The average Bonchev–Trinajstić information content (AvgIpc) is 2.76. The van der Waals surface area contributed by atoms with Crippen LogP contribution in [0.5, 0.6) is 0 Å². The summed E-state index contributed by atoms with van der Waals surface area (Å²) in [6, 6.07) is 1.90. The Morgan fingerprint density at radius 3 is 2.30 bits per heavy atom. The molecule has 1 N–H and O–H groups in total. The number of nitrogens with one attached hydrogen (secondary N) is 1. The second-order valence-corrected chi connectivity index (χ2v) is 9.04. The normalized spacial score (nSPS) is 22.1. The number of anilines is 1. The number of likely N-dealkylation sites (tertiary alicyclic amines) is 1. The molecule has 2 amide bonds. The first-order valence-electron chi connectivity index (χ1n) is 8.29. The van der Waals surface area contributed by atoms with Crippen molar-refractivity contribution in [3.05, 3.63) is 16.5 Å². The Labute approximate surface area is 143 Å². The van der Waals surface area contributed by atoms with Gasteiger partial charge in [0.25, 0.3) is 5.91 Å². The van der Waals surface area contributed by atoms with Gasteiger partial charge in [-0.05, 0) is 36.8 Å². The lowest BCUT2D eigenvalue weighted by Gasteiger charge is -2.34. The molecule has 5 heteroatoms. The SMILES string of the molecule is Cc1cc(NC(=O)C(C)(C)C)sc1C(=O)N1C[C@H](C)C[C@@H](C)C1. The van der Waals surface area contributed by atoms with Crippen LogP contribution >= 0.6 is 11.3 Å². The van der Waals surface area contributed by atoms with E-state index in [0.717, 1.165) is 28.5 Å². The standard InChI is InChI=1S/C18H28N2O2S/c1-11-7-12(2)10-20(9-11)16(21)15-13(3)8-14(23-15)19-17(22)18(4,5)6/h8,11-12H,7,9-10H2,1-6H3,(H,19,22)/t11-,12-/m1/s1. The van der Waals surface area contributed by atoms with Crippen molar-refractivity contribution in [2.45, 2.75) is 48.0 Å². The summed E-state index contributed by atoms with van der Waals surface area (Å²) in [4.78, 5) is 27.7. The van der Waals surface area contributed by atoms with E-state index in [1.807, 2.05) is 38.7 Å². The number of amides is 2. The Kier molecular flexibility index (Phi) is 5.19. The number of hydrogen-bond donors (Lipinski definition) is 1. The summed E-state index contributed by atoms with van der Waals surface area (Å²) in [6.45, 7) is 13.6. The quantitative estimate of drug-likeness (QED) is 0.881. The van der Waals surface area contributed by atoms with Crippen LogP contribution in [0.4, 0.5) is 5.00 Å². The zero-order valence-corrected chi connectivity index (χ0v) is 15.8. The molecule has 1 aromatic heterocycles. The van der Waals surface area contributed by atoms with Crippen LogP contribution < -0.4 is 5.32 Å². The fourth-order valence-corrected chi connectivity index (χ4v) is 4.06. The first-order valence-corrected chi connectivity index (χ1v) is 9.10. The molecule has 0 saturated carbocycles. The van der Waals surface area contributed by atoms with Crippen molar-refractivity contribution in [1.82, 2.24) is 4.90 Å². The molecule has 23 heavy (non-hydrogen) atoms. The predicted octanol–water partition coefficient (Wildman–Crippen LogP) is 4.16. The zero-order valence-electron chi connectivity index (χ0n) is 15.0. The average molecular weight is 337 g/mol. The molecule has 2 rings (SSSR count). The van der Waals surface area contributed by atoms with Crippen LogP contribution in [-0.4, -0.2) is 29.8 Å². The molecule has 1 aliphatic heterocycles. The number of piperidine rings is 1. The van der Waals surface area contributed by atoms with Gasteiger partial charge in [-0.3, -0.25) is 9.59 Å². The minimum Gasteiger partial charge on any atom is -0.337 e. The summed E-state index contributed by atoms with van der Waals surface area (Å²) in [5, 5.41) is 3.68. The van der Waals surface area contributed by atoms with Crippen molar-refractivity contribution in [3.63, 3.8) is 0 Å². The van der Waals surface area contributed by atoms with Gasteiger partial charge in [0.05, 0.1) is 9.88 Å². The zero-order chi connectivity index (χ0) is 17.4. The molecule has 128 valence electrons. The summed E-state index contributed by atoms with van der Waals surface area (Å²) in [6.07, 6.45) is 1.18. The Hall–Kier alpha value is -1.36. The van der Waals surface area contributed by atoms with E-state index in [1.165, 1.54) is 17.8 Å². The first-order chi connectivity index (χ1) is 10.6. The van der Waals surface area contributed by atoms with Crippen LogP contribution in [0.1, 0.15) is 56.3 Å². The molecule has 0 bridgehead atoms. The highest BCUT2D eigenvalue weighted by Gasteiger charge is 2.28. The van der Waals surface area contributed by atoms with Gasteiger partial charge >= 0.3 is 0 Å². The summed E-state index contributed by atoms with van der Waals surface area (Å²) < 4.78 is 0. The van der Waals surface area contributed by atoms with Crippen molar-refractivity contribution in [1.29, 1.82) is 0 Å². The van der Waals surface area contributed by atoms with Crippen LogP contribution in [0.3, 0.4) is 0 Å². The van der Waals surface area contributed by atoms with E-state index >= 15 is 0 Å². The Balaban J connectivity index is 2.14. The maximum absolute atomic E-state index is 12.8. The van der Waals surface area contributed by atoms with Crippen molar-refractivity contribution >= 4 is 28.2 Å². The van der Waals surface area contributed by atoms with Crippen LogP contribution in [0, 0.1) is 24.2 Å². The molecule has 0 unspecified atom stereocenters. The lowest BCUT2D eigenvalue weighted by Crippen LogP contribution is -2.42. The highest BCUT2D eigenvalue weighted by molar-refractivity contribution is 7.18. The molecular weight excluding hydrogens is 308 g/mol. The Morgan fingerprint density at radius 2 is 1.78 bits per heavy atom. The van der Waals surface area contributed by atoms with Gasteiger partial charge in [0.15, 0.2) is 0 Å². The van der Waals surface area contributed by atoms with E-state index < -0.39 is 5.41 Å². The number of carbonyl (C=O) groups is 2. The lowest BCUT2D eigenvalue weighted by molar-refractivity contribution is -0.123. The third-order valence-corrected chi connectivity index (χ3v) is 5.33. The van der Waals surface area contributed by atoms with Crippen molar-refractivity contribution in [2.75, 3.05) is 18.4 Å². The summed E-state index contributed by atoms with van der Waals surface area (Å²) in [7, 11) is 0. The van der Waals surface area contributed by atoms with Crippen molar-refractivity contribution < 1.29 is 9.59 Å². The highest BCUT2D eigenvalue weighted by atomic mass is 32.1. The third-order valence-electron chi connectivity index (χ3n) is 4.19. The van der Waals surface area contributed by atoms with Gasteiger partial charge in [-0.15, -0.1) is 11.3 Å². The fourth-order valence-electron chi connectivity index (χ4n) is 3.03. The monoisotopic (exact) mass is 336 g/mol. The number of nitrogens with zero attached hydrogens (tertiary/aromatic N) is 1. The third kappa shape index (κ3) is 4.34. The van der Waals surface area contributed by atoms with Crippen LogP contribution in [0.2, 0.25) is 0 Å². The number of thiophene rings is 1. The molecule has 2 atom stereocenters. The van der Waals surface area contributed by atoms with E-state index in [4.69, 9.17) is 0 Å². The van der Waals surface area contributed by atoms with Gasteiger partial charge in [-0.25, -0.2) is 0 Å². The number of hydrogen-bond acceptors (Lipinski definition) is 3. The van der Waals surface area contributed by atoms with E-state index in [9.17, 15) is 9.59 Å². The second kappa shape index (κ2) is 6.63. The maximum Gasteiger partial charge on any atom is 0.264 e.